The molecule has 0 spiro atoms. The van der Waals surface area contributed by atoms with Crippen LogP contribution in [0.5, 0.6) is 17.2 Å². The van der Waals surface area contributed by atoms with Gasteiger partial charge in [-0.2, -0.15) is 0 Å². The van der Waals surface area contributed by atoms with Crippen molar-refractivity contribution in [3.8, 4) is 17.2 Å². The van der Waals surface area contributed by atoms with E-state index in [0.29, 0.717) is 41.7 Å². The van der Waals surface area contributed by atoms with E-state index in [-0.39, 0.29) is 17.9 Å². The highest BCUT2D eigenvalue weighted by molar-refractivity contribution is 5.96. The standard InChI is InChI=1S/C27H35N3O4/c1-6-7-13-33-23-12-11-19(15-25(23)32-5)27(31)30-22(17(2)3)16-34-24-10-8-9-21-26(24)20(28)14-18(4)29-21/h8-12,14-15,17,22H,6-7,13,16H2,1-5H3,(H2,28,29)(H,30,31). The maximum absolute atomic E-state index is 13.0. The number of fused-ring (bicyclic) bond motifs is 1. The first kappa shape index (κ1) is 25.1. The second kappa shape index (κ2) is 11.6. The third-order valence-corrected chi connectivity index (χ3v) is 5.67. The van der Waals surface area contributed by atoms with Crippen molar-refractivity contribution in [2.75, 3.05) is 26.1 Å². The average Bonchev–Trinajstić information content (AvgIpc) is 2.81. The van der Waals surface area contributed by atoms with E-state index < -0.39 is 0 Å². The highest BCUT2D eigenvalue weighted by Gasteiger charge is 2.20. The van der Waals surface area contributed by atoms with Crippen molar-refractivity contribution in [3.05, 3.63) is 53.7 Å². The molecular weight excluding hydrogens is 430 g/mol. The number of nitrogens with zero attached hydrogens (tertiary/aromatic N) is 1. The van der Waals surface area contributed by atoms with Crippen LogP contribution in [-0.4, -0.2) is 37.3 Å². The topological polar surface area (TPSA) is 95.7 Å². The molecule has 1 amide bonds. The smallest absolute Gasteiger partial charge is 0.251 e. The monoisotopic (exact) mass is 465 g/mol. The Bertz CT molecular complexity index is 1130. The number of nitrogens with one attached hydrogen (secondary N) is 1. The number of aromatic nitrogens is 1. The van der Waals surface area contributed by atoms with Crippen LogP contribution in [0.15, 0.2) is 42.5 Å². The lowest BCUT2D eigenvalue weighted by Gasteiger charge is -2.23. The maximum atomic E-state index is 13.0. The highest BCUT2D eigenvalue weighted by atomic mass is 16.5. The summed E-state index contributed by atoms with van der Waals surface area (Å²) in [7, 11) is 1.57. The summed E-state index contributed by atoms with van der Waals surface area (Å²) in [5.74, 6) is 1.77. The van der Waals surface area contributed by atoms with E-state index in [4.69, 9.17) is 19.9 Å². The molecule has 3 N–H and O–H groups in total. The predicted octanol–water partition coefficient (Wildman–Crippen LogP) is 5.15. The van der Waals surface area contributed by atoms with E-state index in [9.17, 15) is 4.79 Å². The van der Waals surface area contributed by atoms with Gasteiger partial charge < -0.3 is 25.3 Å². The summed E-state index contributed by atoms with van der Waals surface area (Å²) in [6, 6.07) is 12.5. The second-order valence-corrected chi connectivity index (χ2v) is 8.71. The van der Waals surface area contributed by atoms with Gasteiger partial charge in [-0.25, -0.2) is 0 Å². The molecule has 7 nitrogen and oxygen atoms in total. The number of aryl methyl sites for hydroxylation is 1. The van der Waals surface area contributed by atoms with E-state index in [1.807, 2.05) is 45.0 Å². The first-order chi connectivity index (χ1) is 16.3. The molecular formula is C27H35N3O4. The molecule has 34 heavy (non-hydrogen) atoms. The number of nitrogens with two attached hydrogens (primary N) is 1. The van der Waals surface area contributed by atoms with Gasteiger partial charge in [0.05, 0.1) is 30.7 Å². The van der Waals surface area contributed by atoms with Gasteiger partial charge in [0.1, 0.15) is 12.4 Å². The zero-order chi connectivity index (χ0) is 24.7. The fraction of sp³-hybridized carbons (Fsp3) is 0.407. The first-order valence-electron chi connectivity index (χ1n) is 11.7. The number of amides is 1. The highest BCUT2D eigenvalue weighted by Crippen LogP contribution is 2.31. The van der Waals surface area contributed by atoms with E-state index >= 15 is 0 Å². The third-order valence-electron chi connectivity index (χ3n) is 5.67. The number of benzene rings is 2. The SMILES string of the molecule is CCCCOc1ccc(C(=O)NC(COc2cccc3nc(C)cc(N)c23)C(C)C)cc1OC. The molecule has 0 aliphatic rings. The van der Waals surface area contributed by atoms with Gasteiger partial charge in [-0.3, -0.25) is 9.78 Å². The van der Waals surface area contributed by atoms with Gasteiger partial charge in [-0.1, -0.05) is 33.3 Å². The molecule has 2 aromatic carbocycles. The lowest BCUT2D eigenvalue weighted by Crippen LogP contribution is -2.42. The number of carbonyl (C=O) groups excluding carboxylic acids is 1. The Hall–Kier alpha value is -3.48. The van der Waals surface area contributed by atoms with Crippen LogP contribution >= 0.6 is 0 Å². The van der Waals surface area contributed by atoms with Crippen LogP contribution in [0.25, 0.3) is 10.9 Å². The predicted molar refractivity (Wildman–Crippen MR) is 136 cm³/mol. The van der Waals surface area contributed by atoms with Crippen LogP contribution < -0.4 is 25.3 Å². The molecule has 7 heteroatoms. The Balaban J connectivity index is 1.72. The number of pyridine rings is 1. The Morgan fingerprint density at radius 2 is 1.88 bits per heavy atom. The zero-order valence-corrected chi connectivity index (χ0v) is 20.7. The van der Waals surface area contributed by atoms with Crippen molar-refractivity contribution in [2.24, 2.45) is 5.92 Å². The minimum absolute atomic E-state index is 0.148. The normalized spacial score (nSPS) is 11.9. The number of rotatable bonds is 11. The van der Waals surface area contributed by atoms with Crippen LogP contribution in [0.2, 0.25) is 0 Å². The van der Waals surface area contributed by atoms with Crippen molar-refractivity contribution in [1.29, 1.82) is 0 Å². The van der Waals surface area contributed by atoms with Crippen molar-refractivity contribution in [2.45, 2.75) is 46.6 Å². The summed E-state index contributed by atoms with van der Waals surface area (Å²) in [6.45, 7) is 9.01. The molecule has 3 rings (SSSR count). The summed E-state index contributed by atoms with van der Waals surface area (Å²) in [4.78, 5) is 17.6. The fourth-order valence-corrected chi connectivity index (χ4v) is 3.63. The second-order valence-electron chi connectivity index (χ2n) is 8.71. The number of anilines is 1. The molecule has 0 fully saturated rings. The van der Waals surface area contributed by atoms with Gasteiger partial charge in [0, 0.05) is 16.9 Å². The number of carbonyl (C=O) groups is 1. The zero-order valence-electron chi connectivity index (χ0n) is 20.7. The van der Waals surface area contributed by atoms with E-state index in [1.165, 1.54) is 0 Å². The molecule has 0 bridgehead atoms. The third kappa shape index (κ3) is 6.10. The van der Waals surface area contributed by atoms with E-state index in [0.717, 1.165) is 29.4 Å². The molecule has 0 aliphatic carbocycles. The Labute approximate surface area is 201 Å². The lowest BCUT2D eigenvalue weighted by molar-refractivity contribution is 0.0904. The number of hydrogen-bond acceptors (Lipinski definition) is 6. The van der Waals surface area contributed by atoms with Crippen LogP contribution in [0.3, 0.4) is 0 Å². The summed E-state index contributed by atoms with van der Waals surface area (Å²) in [6.07, 6.45) is 2.00. The van der Waals surface area contributed by atoms with E-state index in [2.05, 4.69) is 17.2 Å². The molecule has 0 radical (unpaired) electrons. The van der Waals surface area contributed by atoms with Crippen molar-refractivity contribution < 1.29 is 19.0 Å². The summed E-state index contributed by atoms with van der Waals surface area (Å²) >= 11 is 0. The molecule has 1 atom stereocenters. The molecule has 182 valence electrons. The quantitative estimate of drug-likeness (QED) is 0.381. The summed E-state index contributed by atoms with van der Waals surface area (Å²) in [5.41, 5.74) is 9.01. The Morgan fingerprint density at radius 1 is 1.09 bits per heavy atom. The van der Waals surface area contributed by atoms with E-state index in [1.54, 1.807) is 25.3 Å². The fourth-order valence-electron chi connectivity index (χ4n) is 3.63. The van der Waals surface area contributed by atoms with Crippen molar-refractivity contribution >= 4 is 22.5 Å². The largest absolute Gasteiger partial charge is 0.493 e. The molecule has 0 aliphatic heterocycles. The number of ether oxygens (including phenoxy) is 3. The summed E-state index contributed by atoms with van der Waals surface area (Å²) in [5, 5.41) is 3.87. The van der Waals surface area contributed by atoms with Gasteiger partial charge in [-0.05, 0) is 55.7 Å². The number of hydrogen-bond donors (Lipinski definition) is 2. The van der Waals surface area contributed by atoms with Gasteiger partial charge in [0.25, 0.3) is 5.91 Å². The van der Waals surface area contributed by atoms with Crippen LogP contribution in [0.1, 0.15) is 49.7 Å². The van der Waals surface area contributed by atoms with Gasteiger partial charge in [0.2, 0.25) is 0 Å². The number of methoxy groups -OCH3 is 1. The molecule has 0 saturated carbocycles. The van der Waals surface area contributed by atoms with Crippen molar-refractivity contribution in [3.63, 3.8) is 0 Å². The molecule has 3 aromatic rings. The molecule has 1 heterocycles. The average molecular weight is 466 g/mol. The van der Waals surface area contributed by atoms with Crippen LogP contribution in [-0.2, 0) is 0 Å². The lowest BCUT2D eigenvalue weighted by atomic mass is 10.0. The summed E-state index contributed by atoms with van der Waals surface area (Å²) < 4.78 is 17.3. The molecule has 0 saturated heterocycles. The minimum Gasteiger partial charge on any atom is -0.493 e. The van der Waals surface area contributed by atoms with Gasteiger partial charge in [0.15, 0.2) is 11.5 Å². The van der Waals surface area contributed by atoms with Crippen LogP contribution in [0.4, 0.5) is 5.69 Å². The minimum atomic E-state index is -0.214. The number of unbranched alkanes of at least 4 members (excludes halogenated alkanes) is 1. The Morgan fingerprint density at radius 3 is 2.59 bits per heavy atom. The van der Waals surface area contributed by atoms with Crippen molar-refractivity contribution in [1.82, 2.24) is 10.3 Å². The van der Waals surface area contributed by atoms with Gasteiger partial charge >= 0.3 is 0 Å². The Kier molecular flexibility index (Phi) is 8.57. The maximum Gasteiger partial charge on any atom is 0.251 e. The first-order valence-corrected chi connectivity index (χ1v) is 11.7. The van der Waals surface area contributed by atoms with Crippen LogP contribution in [0, 0.1) is 12.8 Å². The van der Waals surface area contributed by atoms with Gasteiger partial charge in [-0.15, -0.1) is 0 Å². The molecule has 1 unspecified atom stereocenters. The molecule has 1 aromatic heterocycles. The number of nitrogen functional groups attached to an aromatic ring is 1.